The molecule has 0 aromatic carbocycles. The topological polar surface area (TPSA) is 56.5 Å². The van der Waals surface area contributed by atoms with Crippen LogP contribution in [0.3, 0.4) is 0 Å². The fourth-order valence-electron chi connectivity index (χ4n) is 1.28. The summed E-state index contributed by atoms with van der Waals surface area (Å²) in [4.78, 5) is 22.0. The number of Topliss-reactive ketones (excluding diaryl/α,β-unsaturated/α-hetero) is 1. The van der Waals surface area contributed by atoms with Gasteiger partial charge in [0.2, 0.25) is 5.78 Å². The van der Waals surface area contributed by atoms with Gasteiger partial charge >= 0.3 is 5.97 Å². The highest BCUT2D eigenvalue weighted by Gasteiger charge is 2.24. The van der Waals surface area contributed by atoms with Crippen LogP contribution in [0.15, 0.2) is 22.8 Å². The largest absolute Gasteiger partial charge is 0.469 e. The third kappa shape index (κ3) is 7.77. The number of furan rings is 1. The quantitative estimate of drug-likeness (QED) is 0.605. The van der Waals surface area contributed by atoms with E-state index in [0.717, 1.165) is 0 Å². The minimum atomic E-state index is -0.349. The van der Waals surface area contributed by atoms with Crippen LogP contribution in [0.1, 0.15) is 58.5 Å². The Balaban J connectivity index is 0.000000370. The van der Waals surface area contributed by atoms with E-state index in [1.165, 1.54) is 13.4 Å². The molecule has 1 aromatic rings. The van der Waals surface area contributed by atoms with E-state index in [1.54, 1.807) is 12.1 Å². The lowest BCUT2D eigenvalue weighted by Crippen LogP contribution is -2.19. The molecule has 1 aromatic heterocycles. The van der Waals surface area contributed by atoms with Crippen LogP contribution >= 0.6 is 0 Å². The van der Waals surface area contributed by atoms with E-state index >= 15 is 0 Å². The van der Waals surface area contributed by atoms with Crippen molar-refractivity contribution in [3.8, 4) is 0 Å². The zero-order valence-corrected chi connectivity index (χ0v) is 13.6. The molecule has 0 radical (unpaired) electrons. The van der Waals surface area contributed by atoms with Gasteiger partial charge in [0.15, 0.2) is 5.76 Å². The van der Waals surface area contributed by atoms with Gasteiger partial charge in [-0.1, -0.05) is 41.5 Å². The Morgan fingerprint density at radius 1 is 1.15 bits per heavy atom. The zero-order valence-electron chi connectivity index (χ0n) is 13.6. The number of esters is 1. The predicted molar refractivity (Wildman–Crippen MR) is 78.6 cm³/mol. The smallest absolute Gasteiger partial charge is 0.306 e. The molecule has 20 heavy (non-hydrogen) atoms. The van der Waals surface area contributed by atoms with Crippen molar-refractivity contribution in [1.82, 2.24) is 0 Å². The van der Waals surface area contributed by atoms with Crippen molar-refractivity contribution >= 4 is 11.8 Å². The Kier molecular flexibility index (Phi) is 6.69. The minimum Gasteiger partial charge on any atom is -0.469 e. The molecule has 0 amide bonds. The highest BCUT2D eigenvalue weighted by atomic mass is 16.5. The maximum atomic E-state index is 11.4. The Morgan fingerprint density at radius 3 is 1.95 bits per heavy atom. The summed E-state index contributed by atoms with van der Waals surface area (Å²) in [5, 5.41) is 0. The van der Waals surface area contributed by atoms with Crippen LogP contribution in [0.4, 0.5) is 0 Å². The summed E-state index contributed by atoms with van der Waals surface area (Å²) in [5.74, 6) is 0.350. The molecule has 0 atom stereocenters. The average Bonchev–Trinajstić information content (AvgIpc) is 2.78. The SMILES string of the molecule is CC(C)(C)C(=O)c1ccco1.COC(=O)CC(C)(C)C. The lowest BCUT2D eigenvalue weighted by Gasteiger charge is -2.14. The van der Waals surface area contributed by atoms with Crippen LogP contribution in [0.5, 0.6) is 0 Å². The van der Waals surface area contributed by atoms with Gasteiger partial charge in [-0.2, -0.15) is 0 Å². The van der Waals surface area contributed by atoms with E-state index in [2.05, 4.69) is 4.74 Å². The van der Waals surface area contributed by atoms with E-state index in [1.807, 2.05) is 41.5 Å². The maximum absolute atomic E-state index is 11.4. The monoisotopic (exact) mass is 282 g/mol. The molecule has 0 aliphatic heterocycles. The normalized spacial score (nSPS) is 11.3. The first-order valence-corrected chi connectivity index (χ1v) is 6.62. The summed E-state index contributed by atoms with van der Waals surface area (Å²) in [5.41, 5.74) is -0.301. The number of methoxy groups -OCH3 is 1. The summed E-state index contributed by atoms with van der Waals surface area (Å²) < 4.78 is 9.46. The predicted octanol–water partition coefficient (Wildman–Crippen LogP) is 4.10. The van der Waals surface area contributed by atoms with Gasteiger partial charge in [0.25, 0.3) is 0 Å². The Labute approximate surface area is 121 Å². The number of hydrogen-bond acceptors (Lipinski definition) is 4. The third-order valence-corrected chi connectivity index (χ3v) is 2.33. The number of ketones is 1. The second kappa shape index (κ2) is 7.27. The van der Waals surface area contributed by atoms with Crippen LogP contribution in [0.2, 0.25) is 0 Å². The van der Waals surface area contributed by atoms with Crippen LogP contribution in [0, 0.1) is 10.8 Å². The van der Waals surface area contributed by atoms with Gasteiger partial charge in [-0.25, -0.2) is 0 Å². The summed E-state index contributed by atoms with van der Waals surface area (Å²) in [6, 6.07) is 3.41. The molecule has 1 heterocycles. The molecular formula is C16H26O4. The van der Waals surface area contributed by atoms with E-state index in [9.17, 15) is 9.59 Å². The number of ether oxygens (including phenoxy) is 1. The van der Waals surface area contributed by atoms with Gasteiger partial charge in [0.05, 0.1) is 19.8 Å². The van der Waals surface area contributed by atoms with Gasteiger partial charge in [-0.15, -0.1) is 0 Å². The fourth-order valence-corrected chi connectivity index (χ4v) is 1.28. The van der Waals surface area contributed by atoms with Gasteiger partial charge in [0.1, 0.15) is 0 Å². The average molecular weight is 282 g/mol. The number of carbonyl (C=O) groups excluding carboxylic acids is 2. The van der Waals surface area contributed by atoms with Crippen molar-refractivity contribution in [3.05, 3.63) is 24.2 Å². The highest BCUT2D eigenvalue weighted by molar-refractivity contribution is 5.97. The van der Waals surface area contributed by atoms with Crippen molar-refractivity contribution in [1.29, 1.82) is 0 Å². The first-order valence-electron chi connectivity index (χ1n) is 6.62. The molecule has 0 aliphatic rings. The third-order valence-electron chi connectivity index (χ3n) is 2.33. The molecular weight excluding hydrogens is 256 g/mol. The standard InChI is InChI=1S/C9H12O2.C7H14O2/c1-9(2,3)8(10)7-5-4-6-11-7;1-7(2,3)5-6(8)9-4/h4-6H,1-3H3;5H2,1-4H3. The van der Waals surface area contributed by atoms with Crippen molar-refractivity contribution in [2.24, 2.45) is 10.8 Å². The lowest BCUT2D eigenvalue weighted by molar-refractivity contribution is -0.142. The molecule has 0 N–H and O–H groups in total. The Hall–Kier alpha value is -1.58. The molecule has 0 saturated carbocycles. The molecule has 0 aliphatic carbocycles. The maximum Gasteiger partial charge on any atom is 0.306 e. The molecule has 1 rings (SSSR count). The molecule has 4 nitrogen and oxygen atoms in total. The van der Waals surface area contributed by atoms with E-state index < -0.39 is 0 Å². The molecule has 0 fully saturated rings. The van der Waals surface area contributed by atoms with Crippen molar-refractivity contribution < 1.29 is 18.7 Å². The number of rotatable bonds is 2. The van der Waals surface area contributed by atoms with Crippen LogP contribution < -0.4 is 0 Å². The van der Waals surface area contributed by atoms with E-state index in [-0.39, 0.29) is 22.6 Å². The lowest BCUT2D eigenvalue weighted by atomic mass is 9.89. The fraction of sp³-hybridized carbons (Fsp3) is 0.625. The zero-order chi connectivity index (χ0) is 16.0. The molecule has 0 unspecified atom stereocenters. The highest BCUT2D eigenvalue weighted by Crippen LogP contribution is 2.20. The minimum absolute atomic E-state index is 0.0440. The molecule has 0 saturated heterocycles. The van der Waals surface area contributed by atoms with Crippen molar-refractivity contribution in [2.75, 3.05) is 7.11 Å². The van der Waals surface area contributed by atoms with Crippen LogP contribution in [0.25, 0.3) is 0 Å². The van der Waals surface area contributed by atoms with Crippen LogP contribution in [-0.4, -0.2) is 18.9 Å². The van der Waals surface area contributed by atoms with E-state index in [4.69, 9.17) is 4.42 Å². The second-order valence-corrected chi connectivity index (χ2v) is 6.87. The number of hydrogen-bond donors (Lipinski definition) is 0. The van der Waals surface area contributed by atoms with Gasteiger partial charge < -0.3 is 9.15 Å². The molecule has 0 spiro atoms. The Morgan fingerprint density at radius 2 is 1.70 bits per heavy atom. The molecule has 114 valence electrons. The Bertz CT molecular complexity index is 416. The summed E-state index contributed by atoms with van der Waals surface area (Å²) in [6.45, 7) is 11.6. The van der Waals surface area contributed by atoms with Gasteiger partial charge in [-0.3, -0.25) is 9.59 Å². The van der Waals surface area contributed by atoms with Crippen molar-refractivity contribution in [3.63, 3.8) is 0 Å². The number of carbonyl (C=O) groups is 2. The van der Waals surface area contributed by atoms with Crippen LogP contribution in [-0.2, 0) is 9.53 Å². The second-order valence-electron chi connectivity index (χ2n) is 6.87. The first kappa shape index (κ1) is 18.4. The first-order chi connectivity index (χ1) is 8.97. The summed E-state index contributed by atoms with van der Waals surface area (Å²) in [7, 11) is 1.41. The molecule has 0 bridgehead atoms. The summed E-state index contributed by atoms with van der Waals surface area (Å²) in [6.07, 6.45) is 2.00. The summed E-state index contributed by atoms with van der Waals surface area (Å²) >= 11 is 0. The van der Waals surface area contributed by atoms with Gasteiger partial charge in [0, 0.05) is 5.41 Å². The van der Waals surface area contributed by atoms with Crippen molar-refractivity contribution in [2.45, 2.75) is 48.0 Å². The van der Waals surface area contributed by atoms with Gasteiger partial charge in [-0.05, 0) is 17.5 Å². The van der Waals surface area contributed by atoms with E-state index in [0.29, 0.717) is 12.2 Å². The molecule has 4 heteroatoms.